The summed E-state index contributed by atoms with van der Waals surface area (Å²) in [5.41, 5.74) is 0.397. The fraction of sp³-hybridized carbons (Fsp3) is 0.235. The van der Waals surface area contributed by atoms with Crippen molar-refractivity contribution in [1.82, 2.24) is 5.32 Å². The van der Waals surface area contributed by atoms with E-state index in [1.807, 2.05) is 6.07 Å². The number of halogens is 1. The maximum atomic E-state index is 12.9. The maximum Gasteiger partial charge on any atom is 0.339 e. The van der Waals surface area contributed by atoms with Gasteiger partial charge in [0.15, 0.2) is 0 Å². The van der Waals surface area contributed by atoms with Crippen LogP contribution in [0, 0.1) is 0 Å². The molecule has 0 radical (unpaired) electrons. The third-order valence-corrected chi connectivity index (χ3v) is 6.23. The van der Waals surface area contributed by atoms with Crippen molar-refractivity contribution in [3.63, 3.8) is 0 Å². The molecular weight excluding hydrogens is 349 g/mol. The van der Waals surface area contributed by atoms with Crippen LogP contribution in [0.2, 0.25) is 5.02 Å². The topological polar surface area (TPSA) is 64.6 Å². The van der Waals surface area contributed by atoms with Crippen molar-refractivity contribution >= 4 is 25.1 Å². The average Bonchev–Trinajstić information content (AvgIpc) is 2.63. The second-order valence-corrected chi connectivity index (χ2v) is 7.86. The number of hydrogen-bond acceptors (Lipinski definition) is 4. The summed E-state index contributed by atoms with van der Waals surface area (Å²) in [7, 11) is -0.862. The van der Waals surface area contributed by atoms with Crippen molar-refractivity contribution in [2.45, 2.75) is 5.66 Å². The fourth-order valence-corrected chi connectivity index (χ4v) is 4.23. The van der Waals surface area contributed by atoms with Gasteiger partial charge in [0.1, 0.15) is 5.66 Å². The first-order chi connectivity index (χ1) is 11.5. The lowest BCUT2D eigenvalue weighted by Gasteiger charge is -2.25. The number of amides is 1. The predicted molar refractivity (Wildman–Crippen MR) is 94.6 cm³/mol. The van der Waals surface area contributed by atoms with E-state index in [1.54, 1.807) is 48.5 Å². The first-order valence-electron chi connectivity index (χ1n) is 7.30. The van der Waals surface area contributed by atoms with Gasteiger partial charge < -0.3 is 14.4 Å². The molecule has 24 heavy (non-hydrogen) atoms. The highest BCUT2D eigenvalue weighted by atomic mass is 35.5. The maximum absolute atomic E-state index is 12.9. The minimum absolute atomic E-state index is 0.0659. The van der Waals surface area contributed by atoms with Crippen molar-refractivity contribution in [3.8, 4) is 0 Å². The zero-order valence-corrected chi connectivity index (χ0v) is 15.1. The van der Waals surface area contributed by atoms with E-state index in [2.05, 4.69) is 5.32 Å². The molecule has 0 spiro atoms. The molecule has 2 aromatic rings. The largest absolute Gasteiger partial charge is 0.351 e. The lowest BCUT2D eigenvalue weighted by Crippen LogP contribution is -2.29. The Kier molecular flexibility index (Phi) is 6.58. The molecule has 0 fully saturated rings. The fourth-order valence-electron chi connectivity index (χ4n) is 2.35. The van der Waals surface area contributed by atoms with Gasteiger partial charge in [-0.25, -0.2) is 0 Å². The summed E-state index contributed by atoms with van der Waals surface area (Å²) in [4.78, 5) is 12.3. The van der Waals surface area contributed by atoms with Crippen LogP contribution in [0.3, 0.4) is 0 Å². The second-order valence-electron chi connectivity index (χ2n) is 5.02. The molecule has 1 amide bonds. The molecule has 0 bridgehead atoms. The van der Waals surface area contributed by atoms with E-state index in [-0.39, 0.29) is 12.5 Å². The number of benzene rings is 2. The van der Waals surface area contributed by atoms with Gasteiger partial charge in [-0.1, -0.05) is 48.0 Å². The molecule has 0 heterocycles. The Labute approximate surface area is 146 Å². The molecule has 0 aromatic heterocycles. The predicted octanol–water partition coefficient (Wildman–Crippen LogP) is 4.30. The molecular formula is C17H19ClNO4P. The molecule has 0 aliphatic rings. The van der Waals surface area contributed by atoms with Gasteiger partial charge in [0.25, 0.3) is 5.91 Å². The van der Waals surface area contributed by atoms with Gasteiger partial charge in [0.05, 0.1) is 0 Å². The van der Waals surface area contributed by atoms with Gasteiger partial charge in [0.2, 0.25) is 0 Å². The van der Waals surface area contributed by atoms with Crippen LogP contribution in [0.1, 0.15) is 21.6 Å². The molecule has 1 unspecified atom stereocenters. The molecule has 0 saturated heterocycles. The van der Waals surface area contributed by atoms with E-state index in [4.69, 9.17) is 20.6 Å². The number of rotatable bonds is 7. The summed E-state index contributed by atoms with van der Waals surface area (Å²) in [5, 5.41) is 3.21. The molecule has 7 heteroatoms. The summed E-state index contributed by atoms with van der Waals surface area (Å²) in [6, 6.07) is 15.8. The number of hydrogen-bond donors (Lipinski definition) is 1. The third kappa shape index (κ3) is 4.25. The molecule has 2 rings (SSSR count). The number of carbonyl (C=O) groups excluding carboxylic acids is 1. The summed E-state index contributed by atoms with van der Waals surface area (Å²) >= 11 is 6.23. The van der Waals surface area contributed by atoms with E-state index >= 15 is 0 Å². The highest BCUT2D eigenvalue weighted by Gasteiger charge is 2.36. The molecule has 0 aliphatic heterocycles. The average molecular weight is 368 g/mol. The van der Waals surface area contributed by atoms with Crippen LogP contribution in [0.15, 0.2) is 54.6 Å². The van der Waals surface area contributed by atoms with Gasteiger partial charge in [-0.2, -0.15) is 0 Å². The Morgan fingerprint density at radius 3 is 2.25 bits per heavy atom. The number of nitrogens with one attached hydrogen (secondary N) is 1. The first-order valence-corrected chi connectivity index (χ1v) is 9.29. The van der Waals surface area contributed by atoms with Crippen molar-refractivity contribution in [2.24, 2.45) is 0 Å². The zero-order valence-electron chi connectivity index (χ0n) is 13.4. The SMILES string of the molecule is COP(=O)(OC)C(CNC(=O)c1ccccc1)c1ccccc1Cl. The molecule has 0 aliphatic carbocycles. The Morgan fingerprint density at radius 1 is 1.08 bits per heavy atom. The van der Waals surface area contributed by atoms with Gasteiger partial charge in [-0.15, -0.1) is 0 Å². The van der Waals surface area contributed by atoms with Gasteiger partial charge in [0, 0.05) is 31.4 Å². The number of carbonyl (C=O) groups is 1. The molecule has 0 saturated carbocycles. The summed E-state index contributed by atoms with van der Waals surface area (Å²) in [6.45, 7) is 0.0659. The van der Waals surface area contributed by atoms with Crippen LogP contribution in [0.5, 0.6) is 0 Å². The third-order valence-electron chi connectivity index (χ3n) is 3.65. The molecule has 1 N–H and O–H groups in total. The lowest BCUT2D eigenvalue weighted by atomic mass is 10.1. The van der Waals surface area contributed by atoms with E-state index in [0.717, 1.165) is 0 Å². The van der Waals surface area contributed by atoms with Gasteiger partial charge >= 0.3 is 7.60 Å². The zero-order chi connectivity index (χ0) is 17.6. The Morgan fingerprint density at radius 2 is 1.67 bits per heavy atom. The molecule has 1 atom stereocenters. The highest BCUT2D eigenvalue weighted by molar-refractivity contribution is 7.54. The minimum atomic E-state index is -3.49. The minimum Gasteiger partial charge on any atom is -0.351 e. The van der Waals surface area contributed by atoms with Crippen LogP contribution >= 0.6 is 19.2 Å². The standard InChI is InChI=1S/C17H19ClNO4P/c1-22-24(21,23-2)16(14-10-6-7-11-15(14)18)12-19-17(20)13-8-4-3-5-9-13/h3-11,16H,12H2,1-2H3,(H,19,20). The van der Waals surface area contributed by atoms with E-state index in [1.165, 1.54) is 14.2 Å². The Hall–Kier alpha value is -1.65. The summed E-state index contributed by atoms with van der Waals surface area (Å²) < 4.78 is 23.1. The van der Waals surface area contributed by atoms with Crippen molar-refractivity contribution in [2.75, 3.05) is 20.8 Å². The molecule has 2 aromatic carbocycles. The summed E-state index contributed by atoms with van der Waals surface area (Å²) in [6.07, 6.45) is 0. The smallest absolute Gasteiger partial charge is 0.339 e. The van der Waals surface area contributed by atoms with Crippen LogP contribution in [-0.2, 0) is 13.6 Å². The van der Waals surface area contributed by atoms with E-state index < -0.39 is 13.3 Å². The first kappa shape index (κ1) is 18.7. The van der Waals surface area contributed by atoms with Crippen molar-refractivity contribution < 1.29 is 18.4 Å². The van der Waals surface area contributed by atoms with Gasteiger partial charge in [-0.05, 0) is 23.8 Å². The van der Waals surface area contributed by atoms with E-state index in [9.17, 15) is 9.36 Å². The van der Waals surface area contributed by atoms with Crippen LogP contribution in [0.25, 0.3) is 0 Å². The van der Waals surface area contributed by atoms with Crippen LogP contribution in [0.4, 0.5) is 0 Å². The van der Waals surface area contributed by atoms with Gasteiger partial charge in [-0.3, -0.25) is 9.36 Å². The molecule has 128 valence electrons. The van der Waals surface area contributed by atoms with Crippen molar-refractivity contribution in [3.05, 3.63) is 70.7 Å². The van der Waals surface area contributed by atoms with Crippen molar-refractivity contribution in [1.29, 1.82) is 0 Å². The molecule has 5 nitrogen and oxygen atoms in total. The Bertz CT molecular complexity index is 730. The lowest BCUT2D eigenvalue weighted by molar-refractivity contribution is 0.0952. The van der Waals surface area contributed by atoms with Crippen LogP contribution in [-0.4, -0.2) is 26.7 Å². The van der Waals surface area contributed by atoms with E-state index in [0.29, 0.717) is 16.1 Å². The normalized spacial score (nSPS) is 12.6. The monoisotopic (exact) mass is 367 g/mol. The Balaban J connectivity index is 2.26. The van der Waals surface area contributed by atoms with Crippen LogP contribution < -0.4 is 5.32 Å². The summed E-state index contributed by atoms with van der Waals surface area (Å²) in [5.74, 6) is -0.272. The quantitative estimate of drug-likeness (QED) is 0.741. The second kappa shape index (κ2) is 8.45. The highest BCUT2D eigenvalue weighted by Crippen LogP contribution is 2.60.